The highest BCUT2D eigenvalue weighted by molar-refractivity contribution is 7.89. The Hall–Kier alpha value is -2.00. The normalized spacial score (nSPS) is 26.6. The largest absolute Gasteiger partial charge is 0.481 e. The molecule has 0 aliphatic carbocycles. The Balaban J connectivity index is 1.68. The maximum atomic E-state index is 12.6. The van der Waals surface area contributed by atoms with Gasteiger partial charge in [0, 0.05) is 24.2 Å². The number of carbonyl (C=O) groups is 1. The Kier molecular flexibility index (Phi) is 4.31. The number of carboxylic acid groups (broad SMARTS) is 1. The number of benzene rings is 1. The van der Waals surface area contributed by atoms with Crippen LogP contribution in [0.15, 0.2) is 24.3 Å². The summed E-state index contributed by atoms with van der Waals surface area (Å²) in [6, 6.07) is 5.15. The molecule has 2 aliphatic heterocycles. The highest BCUT2D eigenvalue weighted by Crippen LogP contribution is 2.43. The summed E-state index contributed by atoms with van der Waals surface area (Å²) in [6.45, 7) is 0. The molecule has 2 fully saturated rings. The van der Waals surface area contributed by atoms with E-state index in [9.17, 15) is 28.4 Å². The summed E-state index contributed by atoms with van der Waals surface area (Å²) in [4.78, 5) is 21.4. The van der Waals surface area contributed by atoms with Gasteiger partial charge in [0.15, 0.2) is 0 Å². The van der Waals surface area contributed by atoms with Gasteiger partial charge in [0.05, 0.1) is 16.6 Å². The van der Waals surface area contributed by atoms with Gasteiger partial charge >= 0.3 is 5.97 Å². The van der Waals surface area contributed by atoms with Crippen molar-refractivity contribution < 1.29 is 23.2 Å². The number of hydrogen-bond donors (Lipinski definition) is 1. The fourth-order valence-corrected chi connectivity index (χ4v) is 5.79. The molecule has 3 unspecified atom stereocenters. The first-order valence-corrected chi connectivity index (χ1v) is 9.38. The molecule has 3 rings (SSSR count). The van der Waals surface area contributed by atoms with Crippen LogP contribution in [0.1, 0.15) is 24.8 Å². The summed E-state index contributed by atoms with van der Waals surface area (Å²) in [6.07, 6.45) is 1.94. The Bertz CT molecular complexity index is 761. The molecular weight excluding hydrogens is 336 g/mol. The van der Waals surface area contributed by atoms with Gasteiger partial charge in [-0.25, -0.2) is 8.42 Å². The molecule has 1 aromatic carbocycles. The van der Waals surface area contributed by atoms with Crippen LogP contribution in [0.2, 0.25) is 0 Å². The van der Waals surface area contributed by atoms with E-state index in [1.165, 1.54) is 16.4 Å². The van der Waals surface area contributed by atoms with Crippen molar-refractivity contribution >= 4 is 21.7 Å². The van der Waals surface area contributed by atoms with Gasteiger partial charge in [0.2, 0.25) is 10.0 Å². The highest BCUT2D eigenvalue weighted by atomic mass is 32.2. The molecule has 8 nitrogen and oxygen atoms in total. The van der Waals surface area contributed by atoms with Crippen molar-refractivity contribution in [1.29, 1.82) is 0 Å². The van der Waals surface area contributed by atoms with Crippen LogP contribution in [0.25, 0.3) is 0 Å². The summed E-state index contributed by atoms with van der Waals surface area (Å²) in [5.74, 6) is -1.67. The number of non-ortho nitro benzene ring substituents is 1. The first-order valence-electron chi connectivity index (χ1n) is 7.77. The fraction of sp³-hybridized carbons (Fsp3) is 0.533. The van der Waals surface area contributed by atoms with E-state index < -0.39 is 32.9 Å². The molecule has 1 N–H and O–H groups in total. The molecule has 130 valence electrons. The van der Waals surface area contributed by atoms with Crippen molar-refractivity contribution in [3.63, 3.8) is 0 Å². The number of nitrogens with zero attached hydrogens (tertiary/aromatic N) is 2. The summed E-state index contributed by atoms with van der Waals surface area (Å²) in [7, 11) is -3.55. The lowest BCUT2D eigenvalue weighted by atomic mass is 9.89. The number of nitro benzene ring substituents is 1. The van der Waals surface area contributed by atoms with Crippen LogP contribution in [-0.4, -0.2) is 46.6 Å². The Morgan fingerprint density at radius 2 is 1.96 bits per heavy atom. The molecule has 2 aliphatic rings. The van der Waals surface area contributed by atoms with Crippen LogP contribution in [0.5, 0.6) is 0 Å². The average molecular weight is 354 g/mol. The Labute approximate surface area is 139 Å². The molecular formula is C15H18N2O6S. The molecule has 2 bridgehead atoms. The first-order chi connectivity index (χ1) is 11.3. The van der Waals surface area contributed by atoms with Crippen LogP contribution in [0.3, 0.4) is 0 Å². The lowest BCUT2D eigenvalue weighted by molar-refractivity contribution is -0.384. The maximum Gasteiger partial charge on any atom is 0.308 e. The van der Waals surface area contributed by atoms with E-state index in [1.807, 2.05) is 0 Å². The molecule has 0 radical (unpaired) electrons. The smallest absolute Gasteiger partial charge is 0.308 e. The van der Waals surface area contributed by atoms with Crippen molar-refractivity contribution in [1.82, 2.24) is 4.31 Å². The van der Waals surface area contributed by atoms with Gasteiger partial charge in [-0.3, -0.25) is 14.9 Å². The minimum atomic E-state index is -3.55. The SMILES string of the molecule is O=C(O)C1CC2CCC1N2S(=O)(=O)CCc1ccc([N+](=O)[O-])cc1. The van der Waals surface area contributed by atoms with Crippen LogP contribution >= 0.6 is 0 Å². The van der Waals surface area contributed by atoms with Crippen LogP contribution < -0.4 is 0 Å². The van der Waals surface area contributed by atoms with Crippen LogP contribution in [0, 0.1) is 16.0 Å². The molecule has 2 saturated heterocycles. The van der Waals surface area contributed by atoms with Gasteiger partial charge < -0.3 is 5.11 Å². The average Bonchev–Trinajstić information content (AvgIpc) is 3.12. The van der Waals surface area contributed by atoms with E-state index in [0.717, 1.165) is 0 Å². The Morgan fingerprint density at radius 1 is 1.29 bits per heavy atom. The first kappa shape index (κ1) is 16.8. The molecule has 0 spiro atoms. The predicted octanol–water partition coefficient (Wildman–Crippen LogP) is 1.40. The number of aliphatic carboxylic acids is 1. The topological polar surface area (TPSA) is 118 Å². The second-order valence-electron chi connectivity index (χ2n) is 6.30. The van der Waals surface area contributed by atoms with Crippen molar-refractivity contribution in [3.05, 3.63) is 39.9 Å². The van der Waals surface area contributed by atoms with Crippen molar-refractivity contribution in [3.8, 4) is 0 Å². The molecule has 3 atom stereocenters. The van der Waals surface area contributed by atoms with Gasteiger partial charge in [-0.1, -0.05) is 12.1 Å². The molecule has 0 aromatic heterocycles. The maximum absolute atomic E-state index is 12.6. The van der Waals surface area contributed by atoms with Gasteiger partial charge in [0.25, 0.3) is 5.69 Å². The molecule has 24 heavy (non-hydrogen) atoms. The molecule has 0 amide bonds. The van der Waals surface area contributed by atoms with Crippen molar-refractivity contribution in [2.24, 2.45) is 5.92 Å². The predicted molar refractivity (Wildman–Crippen MR) is 85.0 cm³/mol. The summed E-state index contributed by atoms with van der Waals surface area (Å²) >= 11 is 0. The number of nitro groups is 1. The zero-order valence-electron chi connectivity index (χ0n) is 12.9. The zero-order valence-corrected chi connectivity index (χ0v) is 13.7. The van der Waals surface area contributed by atoms with Crippen molar-refractivity contribution in [2.75, 3.05) is 5.75 Å². The number of aryl methyl sites for hydroxylation is 1. The third-order valence-electron chi connectivity index (χ3n) is 4.91. The van der Waals surface area contributed by atoms with E-state index in [4.69, 9.17) is 0 Å². The third kappa shape index (κ3) is 3.01. The minimum Gasteiger partial charge on any atom is -0.481 e. The zero-order chi connectivity index (χ0) is 17.5. The monoisotopic (exact) mass is 354 g/mol. The summed E-state index contributed by atoms with van der Waals surface area (Å²) < 4.78 is 26.7. The van der Waals surface area contributed by atoms with Gasteiger partial charge in [0.1, 0.15) is 0 Å². The lowest BCUT2D eigenvalue weighted by Gasteiger charge is -2.22. The van der Waals surface area contributed by atoms with E-state index in [0.29, 0.717) is 24.8 Å². The fourth-order valence-electron chi connectivity index (χ4n) is 3.77. The number of sulfonamides is 1. The quantitative estimate of drug-likeness (QED) is 0.609. The van der Waals surface area contributed by atoms with E-state index in [2.05, 4.69) is 0 Å². The second kappa shape index (κ2) is 6.14. The van der Waals surface area contributed by atoms with E-state index in [-0.39, 0.29) is 23.9 Å². The number of hydrogen-bond acceptors (Lipinski definition) is 5. The van der Waals surface area contributed by atoms with Crippen LogP contribution in [0.4, 0.5) is 5.69 Å². The number of fused-ring (bicyclic) bond motifs is 2. The van der Waals surface area contributed by atoms with E-state index >= 15 is 0 Å². The molecule has 2 heterocycles. The van der Waals surface area contributed by atoms with Gasteiger partial charge in [-0.2, -0.15) is 4.31 Å². The van der Waals surface area contributed by atoms with E-state index in [1.54, 1.807) is 12.1 Å². The van der Waals surface area contributed by atoms with Gasteiger partial charge in [-0.05, 0) is 31.2 Å². The molecule has 1 aromatic rings. The lowest BCUT2D eigenvalue weighted by Crippen LogP contribution is -2.39. The number of rotatable bonds is 6. The third-order valence-corrected chi connectivity index (χ3v) is 6.84. The minimum absolute atomic E-state index is 0.0384. The number of carboxylic acids is 1. The second-order valence-corrected chi connectivity index (χ2v) is 8.29. The summed E-state index contributed by atoms with van der Waals surface area (Å²) in [5.41, 5.74) is 0.661. The molecule has 9 heteroatoms. The summed E-state index contributed by atoms with van der Waals surface area (Å²) in [5, 5.41) is 19.8. The van der Waals surface area contributed by atoms with Crippen molar-refractivity contribution in [2.45, 2.75) is 37.8 Å². The highest BCUT2D eigenvalue weighted by Gasteiger charge is 2.53. The molecule has 0 saturated carbocycles. The van der Waals surface area contributed by atoms with Crippen LogP contribution in [-0.2, 0) is 21.2 Å². The van der Waals surface area contributed by atoms with Gasteiger partial charge in [-0.15, -0.1) is 0 Å². The standard InChI is InChI=1S/C15H18N2O6S/c18-15(19)13-9-12-5-6-14(13)16(12)24(22,23)8-7-10-1-3-11(4-2-10)17(20)21/h1-4,12-14H,5-9H2,(H,18,19). The Morgan fingerprint density at radius 3 is 2.50 bits per heavy atom.